The first-order chi connectivity index (χ1) is 7.63. The molecule has 0 unspecified atom stereocenters. The number of benzene rings is 1. The van der Waals surface area contributed by atoms with Crippen molar-refractivity contribution in [3.8, 4) is 0 Å². The molecule has 0 amide bonds. The summed E-state index contributed by atoms with van der Waals surface area (Å²) >= 11 is 0. The van der Waals surface area contributed by atoms with E-state index in [0.717, 1.165) is 11.1 Å². The normalized spacial score (nSPS) is 11.4. The third-order valence-corrected chi connectivity index (χ3v) is 2.30. The molecule has 0 aliphatic carbocycles. The summed E-state index contributed by atoms with van der Waals surface area (Å²) in [5, 5.41) is 0. The van der Waals surface area contributed by atoms with Crippen LogP contribution in [-0.4, -0.2) is 12.1 Å². The summed E-state index contributed by atoms with van der Waals surface area (Å²) in [5.41, 5.74) is 4.90. The van der Waals surface area contributed by atoms with E-state index >= 15 is 0 Å². The van der Waals surface area contributed by atoms with Crippen LogP contribution in [0.25, 0.3) is 0 Å². The second-order valence-electron chi connectivity index (χ2n) is 3.62. The summed E-state index contributed by atoms with van der Waals surface area (Å²) in [6.07, 6.45) is 0.439. The van der Waals surface area contributed by atoms with Gasteiger partial charge in [-0.3, -0.25) is 4.79 Å². The lowest BCUT2D eigenvalue weighted by molar-refractivity contribution is -0.143. The molecule has 0 saturated carbocycles. The third kappa shape index (κ3) is 3.76. The first kappa shape index (κ1) is 12.3. The fourth-order valence-corrected chi connectivity index (χ4v) is 1.49. The van der Waals surface area contributed by atoms with Gasteiger partial charge in [-0.25, -0.2) is 0 Å². The lowest BCUT2D eigenvalue weighted by Gasteiger charge is -2.14. The van der Waals surface area contributed by atoms with Crippen molar-refractivity contribution in [1.82, 2.24) is 0 Å². The molecule has 2 heteroatoms. The first-order valence-corrected chi connectivity index (χ1v) is 5.23. The van der Waals surface area contributed by atoms with Gasteiger partial charge in [0.25, 0.3) is 0 Å². The highest BCUT2D eigenvalue weighted by atomic mass is 16.5. The second-order valence-corrected chi connectivity index (χ2v) is 3.62. The number of hydrogen-bond acceptors (Lipinski definition) is 2. The molecule has 1 atom stereocenters. The third-order valence-electron chi connectivity index (χ3n) is 2.30. The molecule has 84 valence electrons. The monoisotopic (exact) mass is 216 g/mol. The zero-order valence-corrected chi connectivity index (χ0v) is 9.69. The average molecular weight is 216 g/mol. The van der Waals surface area contributed by atoms with Gasteiger partial charge in [0, 0.05) is 18.9 Å². The van der Waals surface area contributed by atoms with Crippen molar-refractivity contribution in [3.63, 3.8) is 0 Å². The van der Waals surface area contributed by atoms with Crippen LogP contribution in [0, 0.1) is 0 Å². The van der Waals surface area contributed by atoms with E-state index in [4.69, 9.17) is 4.74 Å². The largest absolute Gasteiger partial charge is 0.458 e. The number of carbonyl (C=O) groups is 1. The highest BCUT2D eigenvalue weighted by Crippen LogP contribution is 2.12. The lowest BCUT2D eigenvalue weighted by Crippen LogP contribution is -2.15. The Morgan fingerprint density at radius 1 is 1.44 bits per heavy atom. The zero-order chi connectivity index (χ0) is 12.0. The van der Waals surface area contributed by atoms with Crippen LogP contribution in [0.15, 0.2) is 48.2 Å². The molecule has 0 radical (unpaired) electrons. The van der Waals surface area contributed by atoms with Crippen LogP contribution < -0.4 is 0 Å². The fourth-order valence-electron chi connectivity index (χ4n) is 1.49. The van der Waals surface area contributed by atoms with Crippen molar-refractivity contribution < 1.29 is 9.53 Å². The summed E-state index contributed by atoms with van der Waals surface area (Å²) in [7, 11) is 0. The Labute approximate surface area is 96.2 Å². The quantitative estimate of drug-likeness (QED) is 0.571. The minimum atomic E-state index is -0.284. The van der Waals surface area contributed by atoms with Crippen LogP contribution >= 0.6 is 0 Å². The summed E-state index contributed by atoms with van der Waals surface area (Å²) in [5.74, 6) is -0.284. The van der Waals surface area contributed by atoms with E-state index in [1.807, 2.05) is 37.3 Å². The van der Waals surface area contributed by atoms with Crippen LogP contribution in [0.5, 0.6) is 0 Å². The van der Waals surface area contributed by atoms with E-state index in [-0.39, 0.29) is 12.1 Å². The second kappa shape index (κ2) is 5.94. The highest BCUT2D eigenvalue weighted by molar-refractivity contribution is 5.66. The Hall–Kier alpha value is -1.79. The van der Waals surface area contributed by atoms with E-state index in [1.165, 1.54) is 6.92 Å². The van der Waals surface area contributed by atoms with Crippen molar-refractivity contribution >= 4 is 5.97 Å². The SMILES string of the molecule is C=C=C(Cc1ccccc1)[C@@H](C)OC(C)=O. The number of ether oxygens (including phenoxy) is 1. The molecule has 0 aliphatic rings. The predicted molar refractivity (Wildman–Crippen MR) is 64.0 cm³/mol. The summed E-state index contributed by atoms with van der Waals surface area (Å²) in [4.78, 5) is 10.8. The molecule has 1 aromatic rings. The maximum absolute atomic E-state index is 10.8. The van der Waals surface area contributed by atoms with Crippen LogP contribution in [0.4, 0.5) is 0 Å². The van der Waals surface area contributed by atoms with Crippen molar-refractivity contribution in [2.24, 2.45) is 0 Å². The van der Waals surface area contributed by atoms with Gasteiger partial charge < -0.3 is 4.74 Å². The van der Waals surface area contributed by atoms with E-state index in [2.05, 4.69) is 12.3 Å². The Balaban J connectivity index is 2.71. The molecule has 0 heterocycles. The van der Waals surface area contributed by atoms with Crippen LogP contribution in [0.2, 0.25) is 0 Å². The van der Waals surface area contributed by atoms with Gasteiger partial charge in [-0.2, -0.15) is 0 Å². The highest BCUT2D eigenvalue weighted by Gasteiger charge is 2.11. The number of rotatable bonds is 4. The molecule has 0 aromatic heterocycles. The molecule has 16 heavy (non-hydrogen) atoms. The summed E-state index contributed by atoms with van der Waals surface area (Å²) < 4.78 is 5.10. The molecule has 0 fully saturated rings. The Morgan fingerprint density at radius 2 is 2.06 bits per heavy atom. The van der Waals surface area contributed by atoms with Crippen molar-refractivity contribution in [2.75, 3.05) is 0 Å². The van der Waals surface area contributed by atoms with E-state index < -0.39 is 0 Å². The maximum Gasteiger partial charge on any atom is 0.303 e. The molecular weight excluding hydrogens is 200 g/mol. The van der Waals surface area contributed by atoms with Gasteiger partial charge in [-0.05, 0) is 12.5 Å². The molecule has 0 N–H and O–H groups in total. The number of esters is 1. The van der Waals surface area contributed by atoms with E-state index in [9.17, 15) is 4.79 Å². The minimum Gasteiger partial charge on any atom is -0.458 e. The summed E-state index contributed by atoms with van der Waals surface area (Å²) in [6, 6.07) is 9.98. The maximum atomic E-state index is 10.8. The molecule has 0 saturated heterocycles. The molecule has 0 aliphatic heterocycles. The standard InChI is InChI=1S/C14H16O2/c1-4-14(11(2)16-12(3)15)10-13-8-6-5-7-9-13/h5-9,11H,1,10H2,2-3H3/t11-/m1/s1. The summed E-state index contributed by atoms with van der Waals surface area (Å²) in [6.45, 7) is 6.87. The Morgan fingerprint density at radius 3 is 2.56 bits per heavy atom. The molecule has 0 bridgehead atoms. The van der Waals surface area contributed by atoms with Gasteiger partial charge in [0.15, 0.2) is 0 Å². The van der Waals surface area contributed by atoms with Crippen LogP contribution in [0.1, 0.15) is 19.4 Å². The van der Waals surface area contributed by atoms with Crippen LogP contribution in [-0.2, 0) is 16.0 Å². The van der Waals surface area contributed by atoms with E-state index in [0.29, 0.717) is 6.42 Å². The van der Waals surface area contributed by atoms with Gasteiger partial charge >= 0.3 is 5.97 Å². The Kier molecular flexibility index (Phi) is 4.56. The molecular formula is C14H16O2. The smallest absolute Gasteiger partial charge is 0.303 e. The molecule has 2 nitrogen and oxygen atoms in total. The fraction of sp³-hybridized carbons (Fsp3) is 0.286. The zero-order valence-electron chi connectivity index (χ0n) is 9.69. The average Bonchev–Trinajstić information content (AvgIpc) is 2.26. The number of hydrogen-bond donors (Lipinski definition) is 0. The van der Waals surface area contributed by atoms with Crippen molar-refractivity contribution in [1.29, 1.82) is 0 Å². The van der Waals surface area contributed by atoms with Gasteiger partial charge in [-0.1, -0.05) is 36.9 Å². The van der Waals surface area contributed by atoms with Gasteiger partial charge in [-0.15, -0.1) is 5.73 Å². The molecule has 1 rings (SSSR count). The Bertz CT molecular complexity index is 400. The lowest BCUT2D eigenvalue weighted by atomic mass is 10.0. The molecule has 1 aromatic carbocycles. The van der Waals surface area contributed by atoms with Gasteiger partial charge in [0.2, 0.25) is 0 Å². The predicted octanol–water partition coefficient (Wildman–Crippen LogP) is 2.89. The molecule has 0 spiro atoms. The van der Waals surface area contributed by atoms with Crippen molar-refractivity contribution in [2.45, 2.75) is 26.4 Å². The topological polar surface area (TPSA) is 26.3 Å². The number of carbonyl (C=O) groups excluding carboxylic acids is 1. The van der Waals surface area contributed by atoms with E-state index in [1.54, 1.807) is 0 Å². The van der Waals surface area contributed by atoms with Crippen LogP contribution in [0.3, 0.4) is 0 Å². The first-order valence-electron chi connectivity index (χ1n) is 5.23. The minimum absolute atomic E-state index is 0.268. The van der Waals surface area contributed by atoms with Crippen molar-refractivity contribution in [3.05, 3.63) is 53.8 Å². The van der Waals surface area contributed by atoms with Gasteiger partial charge in [0.1, 0.15) is 6.10 Å². The van der Waals surface area contributed by atoms with Gasteiger partial charge in [0.05, 0.1) is 0 Å².